The second-order valence-electron chi connectivity index (χ2n) is 5.50. The largest absolute Gasteiger partial charge is 0.292 e. The van der Waals surface area contributed by atoms with Crippen molar-refractivity contribution in [1.82, 2.24) is 10.2 Å². The first-order chi connectivity index (χ1) is 13.1. The van der Waals surface area contributed by atoms with Crippen LogP contribution in [0.4, 0.5) is 0 Å². The zero-order chi connectivity index (χ0) is 19.2. The normalized spacial score (nSPS) is 11.0. The van der Waals surface area contributed by atoms with Crippen molar-refractivity contribution in [2.24, 2.45) is 0 Å². The van der Waals surface area contributed by atoms with E-state index in [1.54, 1.807) is 22.7 Å². The lowest BCUT2D eigenvalue weighted by molar-refractivity contribution is 0.101. The van der Waals surface area contributed by atoms with Crippen LogP contribution < -0.4 is 0 Å². The van der Waals surface area contributed by atoms with Crippen molar-refractivity contribution in [3.8, 4) is 0 Å². The highest BCUT2D eigenvalue weighted by molar-refractivity contribution is 8.03. The van der Waals surface area contributed by atoms with Crippen LogP contribution in [0.2, 0.25) is 0 Å². The fraction of sp³-hybridized carbons (Fsp3) is 0.333. The molecule has 0 unspecified atom stereocenters. The van der Waals surface area contributed by atoms with Gasteiger partial charge >= 0.3 is 0 Å². The summed E-state index contributed by atoms with van der Waals surface area (Å²) in [7, 11) is 0. The van der Waals surface area contributed by atoms with E-state index in [1.807, 2.05) is 24.3 Å². The minimum atomic E-state index is 0.119. The van der Waals surface area contributed by atoms with E-state index in [0.717, 1.165) is 31.3 Å². The number of aryl methyl sites for hydroxylation is 2. The molecule has 0 amide bonds. The molecule has 0 spiro atoms. The standard InChI is InChI=1S/C18H18N2O2S5/c1-3-11-5-7-15(25-11)13(21)9-23-17-19-20-18(27-17)24-10-14(22)16-8-6-12(4-2)26-16/h5-8H,3-4,9-10H2,1-2H3. The van der Waals surface area contributed by atoms with Crippen LogP contribution in [-0.4, -0.2) is 33.3 Å². The van der Waals surface area contributed by atoms with E-state index in [1.165, 1.54) is 44.6 Å². The molecule has 0 saturated heterocycles. The van der Waals surface area contributed by atoms with Crippen LogP contribution in [0, 0.1) is 0 Å². The first-order valence-electron chi connectivity index (χ1n) is 8.42. The minimum absolute atomic E-state index is 0.119. The Labute approximate surface area is 178 Å². The summed E-state index contributed by atoms with van der Waals surface area (Å²) in [4.78, 5) is 28.5. The summed E-state index contributed by atoms with van der Waals surface area (Å²) in [6.45, 7) is 4.17. The molecule has 0 N–H and O–H groups in total. The molecule has 3 heterocycles. The van der Waals surface area contributed by atoms with Crippen LogP contribution in [0.15, 0.2) is 32.9 Å². The van der Waals surface area contributed by atoms with Crippen molar-refractivity contribution < 1.29 is 9.59 Å². The van der Waals surface area contributed by atoms with Gasteiger partial charge in [-0.1, -0.05) is 48.7 Å². The number of aromatic nitrogens is 2. The van der Waals surface area contributed by atoms with Crippen LogP contribution in [0.1, 0.15) is 42.9 Å². The Hall–Kier alpha value is -1.000. The summed E-state index contributed by atoms with van der Waals surface area (Å²) in [6, 6.07) is 7.81. The van der Waals surface area contributed by atoms with Crippen molar-refractivity contribution in [2.75, 3.05) is 11.5 Å². The van der Waals surface area contributed by atoms with Gasteiger partial charge in [-0.05, 0) is 37.1 Å². The molecule has 4 nitrogen and oxygen atoms in total. The van der Waals surface area contributed by atoms with Gasteiger partial charge in [-0.15, -0.1) is 32.9 Å². The van der Waals surface area contributed by atoms with Crippen molar-refractivity contribution in [3.63, 3.8) is 0 Å². The zero-order valence-electron chi connectivity index (χ0n) is 14.9. The lowest BCUT2D eigenvalue weighted by Gasteiger charge is -1.95. The Morgan fingerprint density at radius 2 is 1.22 bits per heavy atom. The number of thiophene rings is 2. The molecule has 0 aliphatic heterocycles. The maximum Gasteiger partial charge on any atom is 0.183 e. The van der Waals surface area contributed by atoms with Gasteiger partial charge in [-0.25, -0.2) is 0 Å². The number of rotatable bonds is 10. The SMILES string of the molecule is CCc1ccc(C(=O)CSc2nnc(SCC(=O)c3ccc(CC)s3)s2)s1. The van der Waals surface area contributed by atoms with E-state index in [2.05, 4.69) is 24.0 Å². The lowest BCUT2D eigenvalue weighted by Crippen LogP contribution is -1.98. The fourth-order valence-corrected chi connectivity index (χ4v) is 6.89. The lowest BCUT2D eigenvalue weighted by atomic mass is 10.3. The first-order valence-corrected chi connectivity index (χ1v) is 12.8. The van der Waals surface area contributed by atoms with E-state index in [0.29, 0.717) is 11.5 Å². The van der Waals surface area contributed by atoms with E-state index in [9.17, 15) is 9.59 Å². The van der Waals surface area contributed by atoms with Crippen molar-refractivity contribution in [2.45, 2.75) is 35.4 Å². The molecular weight excluding hydrogens is 437 g/mol. The number of Topliss-reactive ketones (excluding diaryl/α,β-unsaturated/α-hetero) is 2. The van der Waals surface area contributed by atoms with Gasteiger partial charge in [0.2, 0.25) is 0 Å². The van der Waals surface area contributed by atoms with Crippen LogP contribution in [-0.2, 0) is 12.8 Å². The van der Waals surface area contributed by atoms with Gasteiger partial charge in [0.05, 0.1) is 21.3 Å². The Kier molecular flexibility index (Phi) is 7.66. The molecule has 0 bridgehead atoms. The second-order valence-corrected chi connectivity index (χ2v) is 11.3. The maximum atomic E-state index is 12.3. The third-order valence-electron chi connectivity index (χ3n) is 3.61. The first kappa shape index (κ1) is 20.7. The third-order valence-corrected chi connectivity index (χ3v) is 9.34. The van der Waals surface area contributed by atoms with Crippen molar-refractivity contribution in [3.05, 3.63) is 43.8 Å². The van der Waals surface area contributed by atoms with Crippen LogP contribution in [0.25, 0.3) is 0 Å². The maximum absolute atomic E-state index is 12.3. The van der Waals surface area contributed by atoms with Gasteiger partial charge in [0.1, 0.15) is 0 Å². The fourth-order valence-electron chi connectivity index (χ4n) is 2.15. The molecule has 0 saturated carbocycles. The molecule has 0 radical (unpaired) electrons. The van der Waals surface area contributed by atoms with Gasteiger partial charge in [0.25, 0.3) is 0 Å². The Morgan fingerprint density at radius 3 is 1.59 bits per heavy atom. The van der Waals surface area contributed by atoms with E-state index in [4.69, 9.17) is 0 Å². The highest BCUT2D eigenvalue weighted by Gasteiger charge is 2.14. The average Bonchev–Trinajstić information content (AvgIpc) is 3.44. The molecule has 0 aromatic carbocycles. The van der Waals surface area contributed by atoms with Gasteiger partial charge in [-0.3, -0.25) is 9.59 Å². The monoisotopic (exact) mass is 454 g/mol. The van der Waals surface area contributed by atoms with Crippen molar-refractivity contribution >= 4 is 69.1 Å². The number of carbonyl (C=O) groups excluding carboxylic acids is 2. The predicted octanol–water partition coefficient (Wildman–Crippen LogP) is 5.74. The number of hydrogen-bond acceptors (Lipinski definition) is 9. The Balaban J connectivity index is 1.48. The highest BCUT2D eigenvalue weighted by Crippen LogP contribution is 2.30. The molecule has 3 aromatic heterocycles. The molecular formula is C18H18N2O2S5. The van der Waals surface area contributed by atoms with Gasteiger partial charge < -0.3 is 0 Å². The van der Waals surface area contributed by atoms with Crippen LogP contribution >= 0.6 is 57.5 Å². The quantitative estimate of drug-likeness (QED) is 0.288. The Bertz CT molecular complexity index is 855. The molecule has 142 valence electrons. The average molecular weight is 455 g/mol. The number of ketones is 2. The van der Waals surface area contributed by atoms with E-state index < -0.39 is 0 Å². The van der Waals surface area contributed by atoms with Gasteiger partial charge in [-0.2, -0.15) is 0 Å². The molecule has 27 heavy (non-hydrogen) atoms. The molecule has 0 fully saturated rings. The summed E-state index contributed by atoms with van der Waals surface area (Å²) in [5.41, 5.74) is 0. The topological polar surface area (TPSA) is 59.9 Å². The van der Waals surface area contributed by atoms with E-state index in [-0.39, 0.29) is 11.6 Å². The number of nitrogens with zero attached hydrogens (tertiary/aromatic N) is 2. The highest BCUT2D eigenvalue weighted by atomic mass is 32.2. The summed E-state index contributed by atoms with van der Waals surface area (Å²) in [5, 5.41) is 8.25. The van der Waals surface area contributed by atoms with Crippen LogP contribution in [0.3, 0.4) is 0 Å². The van der Waals surface area contributed by atoms with Gasteiger partial charge in [0.15, 0.2) is 20.2 Å². The zero-order valence-corrected chi connectivity index (χ0v) is 19.0. The number of thioether (sulfide) groups is 2. The molecule has 0 atom stereocenters. The third kappa shape index (κ3) is 5.74. The number of hydrogen-bond donors (Lipinski definition) is 0. The predicted molar refractivity (Wildman–Crippen MR) is 117 cm³/mol. The van der Waals surface area contributed by atoms with Crippen molar-refractivity contribution in [1.29, 1.82) is 0 Å². The molecule has 3 aromatic rings. The molecule has 0 aliphatic rings. The van der Waals surface area contributed by atoms with Crippen LogP contribution in [0.5, 0.6) is 0 Å². The summed E-state index contributed by atoms with van der Waals surface area (Å²) >= 11 is 7.36. The molecule has 3 rings (SSSR count). The molecule has 9 heteroatoms. The summed E-state index contributed by atoms with van der Waals surface area (Å²) in [6.07, 6.45) is 1.90. The minimum Gasteiger partial charge on any atom is -0.292 e. The summed E-state index contributed by atoms with van der Waals surface area (Å²) in [5.74, 6) is 0.954. The Morgan fingerprint density at radius 1 is 0.778 bits per heavy atom. The van der Waals surface area contributed by atoms with Gasteiger partial charge in [0, 0.05) is 9.75 Å². The molecule has 0 aliphatic carbocycles. The smallest absolute Gasteiger partial charge is 0.183 e. The van der Waals surface area contributed by atoms with E-state index >= 15 is 0 Å². The second kappa shape index (κ2) is 9.97. The summed E-state index contributed by atoms with van der Waals surface area (Å²) < 4.78 is 1.52. The number of carbonyl (C=O) groups is 2.